The topological polar surface area (TPSA) is 49.4 Å². The highest BCUT2D eigenvalue weighted by atomic mass is 35.5. The van der Waals surface area contributed by atoms with Crippen molar-refractivity contribution in [2.24, 2.45) is 0 Å². The lowest BCUT2D eigenvalue weighted by atomic mass is 10.1. The molecule has 0 heterocycles. The third-order valence-corrected chi connectivity index (χ3v) is 5.98. The van der Waals surface area contributed by atoms with Crippen LogP contribution in [0.1, 0.15) is 38.8 Å². The maximum absolute atomic E-state index is 13.1. The fourth-order valence-corrected chi connectivity index (χ4v) is 3.98. The van der Waals surface area contributed by atoms with Crippen LogP contribution in [0.15, 0.2) is 48.5 Å². The van der Waals surface area contributed by atoms with E-state index in [1.165, 1.54) is 11.8 Å². The molecule has 0 fully saturated rings. The molecular formula is C23H28Cl2N2O2S. The summed E-state index contributed by atoms with van der Waals surface area (Å²) in [6.07, 6.45) is 0. The van der Waals surface area contributed by atoms with Crippen molar-refractivity contribution in [3.63, 3.8) is 0 Å². The Hall–Kier alpha value is -1.69. The van der Waals surface area contributed by atoms with E-state index in [0.29, 0.717) is 15.8 Å². The molecule has 2 rings (SSSR count). The number of amides is 2. The Balaban J connectivity index is 2.10. The van der Waals surface area contributed by atoms with Crippen LogP contribution in [0.2, 0.25) is 10.0 Å². The van der Waals surface area contributed by atoms with Gasteiger partial charge in [0.25, 0.3) is 0 Å². The Morgan fingerprint density at radius 3 is 2.30 bits per heavy atom. The maximum Gasteiger partial charge on any atom is 0.242 e. The van der Waals surface area contributed by atoms with Gasteiger partial charge in [-0.1, -0.05) is 53.5 Å². The standard InChI is InChI=1S/C23H28Cl2N2O2S/c1-16(22(29)26-23(2,3)4)27(13-18-7-5-6-8-20(18)25)21(28)15-30-14-17-9-11-19(24)12-10-17/h5-12,16H,13-15H2,1-4H3,(H,26,29). The number of rotatable bonds is 8. The van der Waals surface area contributed by atoms with E-state index in [-0.39, 0.29) is 29.7 Å². The van der Waals surface area contributed by atoms with Gasteiger partial charge in [-0.3, -0.25) is 9.59 Å². The van der Waals surface area contributed by atoms with E-state index < -0.39 is 6.04 Å². The first kappa shape index (κ1) is 24.6. The summed E-state index contributed by atoms with van der Waals surface area (Å²) in [6, 6.07) is 14.3. The van der Waals surface area contributed by atoms with Gasteiger partial charge in [0.1, 0.15) is 6.04 Å². The molecule has 0 aliphatic rings. The molecule has 0 radical (unpaired) electrons. The smallest absolute Gasteiger partial charge is 0.242 e. The third-order valence-electron chi connectivity index (χ3n) is 4.37. The van der Waals surface area contributed by atoms with E-state index in [9.17, 15) is 9.59 Å². The van der Waals surface area contributed by atoms with Crippen molar-refractivity contribution < 1.29 is 9.59 Å². The van der Waals surface area contributed by atoms with E-state index in [4.69, 9.17) is 23.2 Å². The Bertz CT molecular complexity index is 866. The van der Waals surface area contributed by atoms with E-state index in [2.05, 4.69) is 5.32 Å². The Morgan fingerprint density at radius 1 is 1.07 bits per heavy atom. The van der Waals surface area contributed by atoms with Crippen LogP contribution in [0.5, 0.6) is 0 Å². The van der Waals surface area contributed by atoms with Crippen molar-refractivity contribution >= 4 is 46.8 Å². The summed E-state index contributed by atoms with van der Waals surface area (Å²) in [6.45, 7) is 7.78. The molecule has 0 aliphatic carbocycles. The molecule has 1 atom stereocenters. The van der Waals surface area contributed by atoms with Crippen molar-refractivity contribution in [2.45, 2.75) is 51.6 Å². The van der Waals surface area contributed by atoms with Gasteiger partial charge in [0.15, 0.2) is 0 Å². The summed E-state index contributed by atoms with van der Waals surface area (Å²) in [5.41, 5.74) is 1.52. The Labute approximate surface area is 193 Å². The monoisotopic (exact) mass is 466 g/mol. The lowest BCUT2D eigenvalue weighted by Gasteiger charge is -2.31. The summed E-state index contributed by atoms with van der Waals surface area (Å²) in [5.74, 6) is 0.655. The summed E-state index contributed by atoms with van der Waals surface area (Å²) in [4.78, 5) is 27.4. The van der Waals surface area contributed by atoms with E-state index >= 15 is 0 Å². The highest BCUT2D eigenvalue weighted by Crippen LogP contribution is 2.21. The van der Waals surface area contributed by atoms with Gasteiger partial charge in [-0.15, -0.1) is 11.8 Å². The minimum Gasteiger partial charge on any atom is -0.350 e. The van der Waals surface area contributed by atoms with Gasteiger partial charge in [0, 0.05) is 27.9 Å². The molecule has 2 aromatic carbocycles. The SMILES string of the molecule is CC(C(=O)NC(C)(C)C)N(Cc1ccccc1Cl)C(=O)CSCc1ccc(Cl)cc1. The molecule has 2 aromatic rings. The maximum atomic E-state index is 13.1. The molecule has 0 bridgehead atoms. The molecule has 1 N–H and O–H groups in total. The van der Waals surface area contributed by atoms with Crippen LogP contribution >= 0.6 is 35.0 Å². The van der Waals surface area contributed by atoms with Crippen LogP contribution in [0.25, 0.3) is 0 Å². The number of benzene rings is 2. The van der Waals surface area contributed by atoms with Gasteiger partial charge >= 0.3 is 0 Å². The molecule has 2 amide bonds. The summed E-state index contributed by atoms with van der Waals surface area (Å²) < 4.78 is 0. The number of halogens is 2. The number of thioether (sulfide) groups is 1. The zero-order chi connectivity index (χ0) is 22.3. The molecule has 4 nitrogen and oxygen atoms in total. The minimum absolute atomic E-state index is 0.106. The first-order chi connectivity index (χ1) is 14.1. The largest absolute Gasteiger partial charge is 0.350 e. The molecule has 162 valence electrons. The zero-order valence-corrected chi connectivity index (χ0v) is 20.1. The zero-order valence-electron chi connectivity index (χ0n) is 17.7. The predicted molar refractivity (Wildman–Crippen MR) is 127 cm³/mol. The molecular weight excluding hydrogens is 439 g/mol. The molecule has 0 aromatic heterocycles. The van der Waals surface area contributed by atoms with E-state index in [1.807, 2.05) is 63.2 Å². The number of nitrogens with one attached hydrogen (secondary N) is 1. The van der Waals surface area contributed by atoms with Crippen LogP contribution in [0, 0.1) is 0 Å². The first-order valence-electron chi connectivity index (χ1n) is 9.74. The summed E-state index contributed by atoms with van der Waals surface area (Å²) >= 11 is 13.7. The fraction of sp³-hybridized carbons (Fsp3) is 0.391. The van der Waals surface area contributed by atoms with Gasteiger partial charge < -0.3 is 10.2 Å². The lowest BCUT2D eigenvalue weighted by Crippen LogP contribution is -2.52. The number of carbonyl (C=O) groups excluding carboxylic acids is 2. The van der Waals surface area contributed by atoms with Crippen LogP contribution in [0.3, 0.4) is 0 Å². The van der Waals surface area contributed by atoms with Gasteiger partial charge in [0.05, 0.1) is 5.75 Å². The second-order valence-corrected chi connectivity index (χ2v) is 9.98. The van der Waals surface area contributed by atoms with Gasteiger partial charge in [-0.2, -0.15) is 0 Å². The van der Waals surface area contributed by atoms with E-state index in [1.54, 1.807) is 17.9 Å². The van der Waals surface area contributed by atoms with Gasteiger partial charge in [-0.05, 0) is 57.0 Å². The molecule has 0 spiro atoms. The summed E-state index contributed by atoms with van der Waals surface area (Å²) in [5, 5.41) is 4.22. The van der Waals surface area contributed by atoms with Crippen molar-refractivity contribution in [3.8, 4) is 0 Å². The van der Waals surface area contributed by atoms with Crippen molar-refractivity contribution in [3.05, 3.63) is 69.7 Å². The second kappa shape index (κ2) is 11.1. The third kappa shape index (κ3) is 7.86. The predicted octanol–water partition coefficient (Wildman–Crippen LogP) is 5.56. The number of carbonyl (C=O) groups is 2. The highest BCUT2D eigenvalue weighted by molar-refractivity contribution is 7.99. The van der Waals surface area contributed by atoms with Crippen molar-refractivity contribution in [1.29, 1.82) is 0 Å². The molecule has 0 saturated heterocycles. The average Bonchev–Trinajstić information content (AvgIpc) is 2.67. The Morgan fingerprint density at radius 2 is 1.70 bits per heavy atom. The first-order valence-corrected chi connectivity index (χ1v) is 11.6. The second-order valence-electron chi connectivity index (χ2n) is 8.15. The van der Waals surface area contributed by atoms with Gasteiger partial charge in [0.2, 0.25) is 11.8 Å². The molecule has 1 unspecified atom stereocenters. The quantitative estimate of drug-likeness (QED) is 0.553. The molecule has 0 aliphatic heterocycles. The van der Waals surface area contributed by atoms with Crippen LogP contribution < -0.4 is 5.32 Å². The molecule has 30 heavy (non-hydrogen) atoms. The van der Waals surface area contributed by atoms with Crippen molar-refractivity contribution in [2.75, 3.05) is 5.75 Å². The average molecular weight is 467 g/mol. The summed E-state index contributed by atoms with van der Waals surface area (Å²) in [7, 11) is 0. The minimum atomic E-state index is -0.621. The fourth-order valence-electron chi connectivity index (χ4n) is 2.79. The number of hydrogen-bond donors (Lipinski definition) is 1. The van der Waals surface area contributed by atoms with Crippen LogP contribution in [-0.4, -0.2) is 34.0 Å². The van der Waals surface area contributed by atoms with Crippen LogP contribution in [0.4, 0.5) is 0 Å². The Kier molecular flexibility index (Phi) is 9.08. The van der Waals surface area contributed by atoms with Crippen LogP contribution in [-0.2, 0) is 21.9 Å². The number of nitrogens with zero attached hydrogens (tertiary/aromatic N) is 1. The lowest BCUT2D eigenvalue weighted by molar-refractivity contribution is -0.139. The van der Waals surface area contributed by atoms with E-state index in [0.717, 1.165) is 11.1 Å². The van der Waals surface area contributed by atoms with Crippen molar-refractivity contribution in [1.82, 2.24) is 10.2 Å². The normalized spacial score (nSPS) is 12.3. The molecule has 0 saturated carbocycles. The molecule has 7 heteroatoms. The van der Waals surface area contributed by atoms with Gasteiger partial charge in [-0.25, -0.2) is 0 Å². The highest BCUT2D eigenvalue weighted by Gasteiger charge is 2.28. The number of hydrogen-bond acceptors (Lipinski definition) is 3.